The minimum Gasteiger partial charge on any atom is -0.365 e. The highest BCUT2D eigenvalue weighted by molar-refractivity contribution is 7.89. The monoisotopic (exact) mass is 447 g/mol. The van der Waals surface area contributed by atoms with Gasteiger partial charge in [-0.3, -0.25) is 4.79 Å². The third-order valence-corrected chi connectivity index (χ3v) is 7.61. The number of benzene rings is 1. The van der Waals surface area contributed by atoms with Gasteiger partial charge in [-0.1, -0.05) is 36.4 Å². The lowest BCUT2D eigenvalue weighted by molar-refractivity contribution is -0.132. The molecule has 31 heavy (non-hydrogen) atoms. The van der Waals surface area contributed by atoms with E-state index in [1.807, 2.05) is 43.0 Å². The van der Waals surface area contributed by atoms with Crippen LogP contribution in [0.3, 0.4) is 0 Å². The maximum absolute atomic E-state index is 12.8. The fourth-order valence-corrected chi connectivity index (χ4v) is 5.28. The highest BCUT2D eigenvalue weighted by atomic mass is 32.2. The first-order chi connectivity index (χ1) is 14.8. The van der Waals surface area contributed by atoms with Crippen molar-refractivity contribution in [3.63, 3.8) is 0 Å². The van der Waals surface area contributed by atoms with Crippen molar-refractivity contribution in [2.45, 2.75) is 58.4 Å². The summed E-state index contributed by atoms with van der Waals surface area (Å²) in [6.45, 7) is 5.93. The molecule has 1 unspecified atom stereocenters. The van der Waals surface area contributed by atoms with Crippen LogP contribution in [0.2, 0.25) is 0 Å². The lowest BCUT2D eigenvalue weighted by Crippen LogP contribution is -2.45. The summed E-state index contributed by atoms with van der Waals surface area (Å²) in [5.74, 6) is 0.188. The number of likely N-dealkylation sites (tertiary alicyclic amines) is 1. The molecule has 1 saturated heterocycles. The highest BCUT2D eigenvalue weighted by Gasteiger charge is 2.44. The van der Waals surface area contributed by atoms with Gasteiger partial charge in [0.2, 0.25) is 15.9 Å². The Morgan fingerprint density at radius 3 is 2.87 bits per heavy atom. The number of sulfonamides is 1. The number of nitrogens with zero attached hydrogens (tertiary/aromatic N) is 4. The van der Waals surface area contributed by atoms with E-state index in [0.717, 1.165) is 23.2 Å². The lowest BCUT2D eigenvalue weighted by Gasteiger charge is -2.34. The van der Waals surface area contributed by atoms with Gasteiger partial charge in [0.25, 0.3) is 0 Å². The third kappa shape index (κ3) is 4.81. The van der Waals surface area contributed by atoms with Gasteiger partial charge in [0.05, 0.1) is 44.1 Å². The first-order valence-electron chi connectivity index (χ1n) is 10.7. The van der Waals surface area contributed by atoms with Crippen molar-refractivity contribution >= 4 is 15.9 Å². The number of aromatic nitrogens is 3. The average molecular weight is 448 g/mol. The average Bonchev–Trinajstić information content (AvgIpc) is 3.32. The molecule has 1 N–H and O–H groups in total. The zero-order chi connectivity index (χ0) is 22.1. The molecule has 1 fully saturated rings. The topological polar surface area (TPSA) is 106 Å². The van der Waals surface area contributed by atoms with Gasteiger partial charge >= 0.3 is 0 Å². The SMILES string of the molecule is CCCS(=O)(=O)NCc1nnn2c1COC1(CCN(C(=O)Cc3ccccc3C)C1)C2. The molecule has 2 aromatic rings. The smallest absolute Gasteiger partial charge is 0.227 e. The summed E-state index contributed by atoms with van der Waals surface area (Å²) < 4.78 is 34.4. The van der Waals surface area contributed by atoms with Crippen LogP contribution in [0.5, 0.6) is 0 Å². The Hall–Kier alpha value is -2.30. The number of carbonyl (C=O) groups excluding carboxylic acids is 1. The molecule has 0 saturated carbocycles. The van der Waals surface area contributed by atoms with E-state index in [-0.39, 0.29) is 18.2 Å². The molecule has 9 nitrogen and oxygen atoms in total. The number of hydrogen-bond acceptors (Lipinski definition) is 6. The van der Waals surface area contributed by atoms with Crippen molar-refractivity contribution in [1.82, 2.24) is 24.6 Å². The van der Waals surface area contributed by atoms with Gasteiger partial charge in [0, 0.05) is 6.54 Å². The van der Waals surface area contributed by atoms with Crippen LogP contribution in [0, 0.1) is 6.92 Å². The molecule has 1 spiro atoms. The second kappa shape index (κ2) is 8.68. The highest BCUT2D eigenvalue weighted by Crippen LogP contribution is 2.33. The molecular formula is C21H29N5O4S. The Bertz CT molecular complexity index is 1070. The molecule has 2 aliphatic rings. The van der Waals surface area contributed by atoms with Crippen LogP contribution in [0.1, 0.15) is 42.3 Å². The predicted octanol–water partition coefficient (Wildman–Crippen LogP) is 1.16. The summed E-state index contributed by atoms with van der Waals surface area (Å²) >= 11 is 0. The number of carbonyl (C=O) groups is 1. The van der Waals surface area contributed by atoms with E-state index in [4.69, 9.17) is 4.74 Å². The Kier molecular flexibility index (Phi) is 6.14. The molecule has 0 bridgehead atoms. The van der Waals surface area contributed by atoms with E-state index >= 15 is 0 Å². The van der Waals surface area contributed by atoms with Crippen LogP contribution in [0.4, 0.5) is 0 Å². The Balaban J connectivity index is 1.38. The zero-order valence-corrected chi connectivity index (χ0v) is 18.8. The first-order valence-corrected chi connectivity index (χ1v) is 12.3. The van der Waals surface area contributed by atoms with Gasteiger partial charge in [-0.2, -0.15) is 0 Å². The number of nitrogens with one attached hydrogen (secondary N) is 1. The van der Waals surface area contributed by atoms with E-state index in [0.29, 0.717) is 44.8 Å². The van der Waals surface area contributed by atoms with Crippen molar-refractivity contribution in [2.24, 2.45) is 0 Å². The number of fused-ring (bicyclic) bond motifs is 1. The van der Waals surface area contributed by atoms with Gasteiger partial charge in [-0.25, -0.2) is 17.8 Å². The van der Waals surface area contributed by atoms with E-state index < -0.39 is 15.6 Å². The molecule has 0 radical (unpaired) electrons. The fraction of sp³-hybridized carbons (Fsp3) is 0.571. The van der Waals surface area contributed by atoms with Gasteiger partial charge in [-0.05, 0) is 30.9 Å². The minimum atomic E-state index is -3.31. The fourth-order valence-electron chi connectivity index (χ4n) is 4.24. The van der Waals surface area contributed by atoms with Gasteiger partial charge < -0.3 is 9.64 Å². The van der Waals surface area contributed by atoms with Crippen molar-refractivity contribution in [1.29, 1.82) is 0 Å². The Labute approximate surface area is 182 Å². The van der Waals surface area contributed by atoms with Gasteiger partial charge in [0.15, 0.2) is 0 Å². The van der Waals surface area contributed by atoms with Crippen LogP contribution < -0.4 is 4.72 Å². The number of ether oxygens (including phenoxy) is 1. The maximum Gasteiger partial charge on any atom is 0.227 e. The molecule has 168 valence electrons. The molecule has 10 heteroatoms. The number of hydrogen-bond donors (Lipinski definition) is 1. The van der Waals surface area contributed by atoms with Crippen LogP contribution in [-0.2, 0) is 45.7 Å². The van der Waals surface area contributed by atoms with E-state index in [1.54, 1.807) is 4.68 Å². The lowest BCUT2D eigenvalue weighted by atomic mass is 10.0. The van der Waals surface area contributed by atoms with Crippen molar-refractivity contribution < 1.29 is 17.9 Å². The third-order valence-electron chi connectivity index (χ3n) is 6.08. The molecule has 0 aliphatic carbocycles. The van der Waals surface area contributed by atoms with Crippen LogP contribution in [0.15, 0.2) is 24.3 Å². The van der Waals surface area contributed by atoms with E-state index in [2.05, 4.69) is 15.0 Å². The molecule has 1 amide bonds. The van der Waals surface area contributed by atoms with Crippen molar-refractivity contribution in [3.8, 4) is 0 Å². The van der Waals surface area contributed by atoms with Crippen LogP contribution >= 0.6 is 0 Å². The van der Waals surface area contributed by atoms with E-state index in [9.17, 15) is 13.2 Å². The second-order valence-electron chi connectivity index (χ2n) is 8.42. The van der Waals surface area contributed by atoms with Crippen molar-refractivity contribution in [3.05, 3.63) is 46.8 Å². The standard InChI is InChI=1S/C21H29N5O4S/c1-3-10-31(28,29)22-12-18-19-13-30-21(15-26(19)24-23-18)8-9-25(14-21)20(27)11-17-7-5-4-6-16(17)2/h4-7,22H,3,8-15H2,1-2H3. The predicted molar refractivity (Wildman–Crippen MR) is 115 cm³/mol. The summed E-state index contributed by atoms with van der Waals surface area (Å²) in [4.78, 5) is 14.7. The molecule has 1 aromatic carbocycles. The van der Waals surface area contributed by atoms with E-state index in [1.165, 1.54) is 0 Å². The molecule has 1 aromatic heterocycles. The molecule has 3 heterocycles. The quantitative estimate of drug-likeness (QED) is 0.683. The first kappa shape index (κ1) is 21.9. The molecule has 4 rings (SSSR count). The van der Waals surface area contributed by atoms with Gasteiger partial charge in [0.1, 0.15) is 11.3 Å². The zero-order valence-electron chi connectivity index (χ0n) is 18.0. The summed E-state index contributed by atoms with van der Waals surface area (Å²) in [5, 5.41) is 8.38. The largest absolute Gasteiger partial charge is 0.365 e. The van der Waals surface area contributed by atoms with Gasteiger partial charge in [-0.15, -0.1) is 5.10 Å². The molecular weight excluding hydrogens is 418 g/mol. The summed E-state index contributed by atoms with van der Waals surface area (Å²) in [5.41, 5.74) is 3.07. The number of rotatable bonds is 7. The number of aryl methyl sites for hydroxylation is 1. The second-order valence-corrected chi connectivity index (χ2v) is 10.3. The normalized spacial score (nSPS) is 20.9. The van der Waals surface area contributed by atoms with Crippen molar-refractivity contribution in [2.75, 3.05) is 18.8 Å². The minimum absolute atomic E-state index is 0.0858. The Morgan fingerprint density at radius 2 is 2.10 bits per heavy atom. The summed E-state index contributed by atoms with van der Waals surface area (Å²) in [7, 11) is -3.31. The molecule has 1 atom stereocenters. The van der Waals surface area contributed by atoms with Crippen LogP contribution in [0.25, 0.3) is 0 Å². The summed E-state index contributed by atoms with van der Waals surface area (Å²) in [6, 6.07) is 7.94. The Morgan fingerprint density at radius 1 is 1.29 bits per heavy atom. The number of amides is 1. The summed E-state index contributed by atoms with van der Waals surface area (Å²) in [6.07, 6.45) is 1.68. The van der Waals surface area contributed by atoms with Crippen LogP contribution in [-0.4, -0.2) is 58.7 Å². The molecule has 2 aliphatic heterocycles. The maximum atomic E-state index is 12.8.